The van der Waals surface area contributed by atoms with Crippen molar-refractivity contribution in [2.45, 2.75) is 6.54 Å². The van der Waals surface area contributed by atoms with Gasteiger partial charge in [0.15, 0.2) is 0 Å². The highest BCUT2D eigenvalue weighted by Crippen LogP contribution is 2.22. The summed E-state index contributed by atoms with van der Waals surface area (Å²) in [7, 11) is 0. The van der Waals surface area contributed by atoms with Crippen LogP contribution in [-0.2, 0) is 6.54 Å². The highest BCUT2D eigenvalue weighted by atomic mass is 19.1. The molecule has 4 nitrogen and oxygen atoms in total. The molecule has 3 rings (SSSR count). The SMILES string of the molecule is Nc1ccc2ncnc(NCc3cc(F)ccc3F)c2c1. The highest BCUT2D eigenvalue weighted by molar-refractivity contribution is 5.91. The maximum Gasteiger partial charge on any atom is 0.137 e. The topological polar surface area (TPSA) is 63.8 Å². The maximum absolute atomic E-state index is 13.6. The molecule has 0 aliphatic heterocycles. The van der Waals surface area contributed by atoms with Gasteiger partial charge in [-0.3, -0.25) is 0 Å². The largest absolute Gasteiger partial charge is 0.399 e. The van der Waals surface area contributed by atoms with Crippen LogP contribution in [0.1, 0.15) is 5.56 Å². The van der Waals surface area contributed by atoms with Gasteiger partial charge in [0.05, 0.1) is 5.52 Å². The van der Waals surface area contributed by atoms with Crippen molar-refractivity contribution in [3.8, 4) is 0 Å². The van der Waals surface area contributed by atoms with Crippen molar-refractivity contribution in [3.05, 3.63) is 59.9 Å². The van der Waals surface area contributed by atoms with E-state index in [-0.39, 0.29) is 12.1 Å². The van der Waals surface area contributed by atoms with Crippen LogP contribution >= 0.6 is 0 Å². The van der Waals surface area contributed by atoms with Crippen LogP contribution in [-0.4, -0.2) is 9.97 Å². The lowest BCUT2D eigenvalue weighted by Crippen LogP contribution is -2.05. The molecule has 0 fully saturated rings. The number of nitrogens with zero attached hydrogens (tertiary/aromatic N) is 2. The minimum absolute atomic E-state index is 0.116. The molecule has 21 heavy (non-hydrogen) atoms. The number of hydrogen-bond acceptors (Lipinski definition) is 4. The van der Waals surface area contributed by atoms with E-state index in [1.54, 1.807) is 18.2 Å². The van der Waals surface area contributed by atoms with Crippen molar-refractivity contribution in [1.82, 2.24) is 9.97 Å². The molecular weight excluding hydrogens is 274 g/mol. The van der Waals surface area contributed by atoms with Gasteiger partial charge in [-0.1, -0.05) is 0 Å². The Balaban J connectivity index is 1.91. The number of aromatic nitrogens is 2. The molecule has 0 atom stereocenters. The van der Waals surface area contributed by atoms with Crippen molar-refractivity contribution >= 4 is 22.4 Å². The van der Waals surface area contributed by atoms with Gasteiger partial charge in [0.2, 0.25) is 0 Å². The van der Waals surface area contributed by atoms with E-state index in [4.69, 9.17) is 5.73 Å². The number of halogens is 2. The van der Waals surface area contributed by atoms with E-state index in [2.05, 4.69) is 15.3 Å². The van der Waals surface area contributed by atoms with E-state index in [9.17, 15) is 8.78 Å². The fraction of sp³-hybridized carbons (Fsp3) is 0.0667. The van der Waals surface area contributed by atoms with Crippen LogP contribution in [0, 0.1) is 11.6 Å². The highest BCUT2D eigenvalue weighted by Gasteiger charge is 2.07. The van der Waals surface area contributed by atoms with Gasteiger partial charge in [-0.25, -0.2) is 18.7 Å². The molecule has 0 amide bonds. The lowest BCUT2D eigenvalue weighted by atomic mass is 10.2. The lowest BCUT2D eigenvalue weighted by Gasteiger charge is -2.09. The third-order valence-electron chi connectivity index (χ3n) is 3.11. The summed E-state index contributed by atoms with van der Waals surface area (Å²) in [6.07, 6.45) is 1.41. The maximum atomic E-state index is 13.6. The Morgan fingerprint density at radius 2 is 1.90 bits per heavy atom. The van der Waals surface area contributed by atoms with Gasteiger partial charge in [0.1, 0.15) is 23.8 Å². The van der Waals surface area contributed by atoms with Crippen LogP contribution in [0.3, 0.4) is 0 Å². The van der Waals surface area contributed by atoms with Crippen molar-refractivity contribution in [2.24, 2.45) is 0 Å². The first-order valence-corrected chi connectivity index (χ1v) is 6.31. The summed E-state index contributed by atoms with van der Waals surface area (Å²) in [6.45, 7) is 0.116. The summed E-state index contributed by atoms with van der Waals surface area (Å²) in [5.74, 6) is -0.428. The van der Waals surface area contributed by atoms with Gasteiger partial charge in [-0.15, -0.1) is 0 Å². The summed E-state index contributed by atoms with van der Waals surface area (Å²) in [5, 5.41) is 3.72. The summed E-state index contributed by atoms with van der Waals surface area (Å²) in [4.78, 5) is 8.25. The Labute approximate surface area is 119 Å². The van der Waals surface area contributed by atoms with Crippen LogP contribution in [0.4, 0.5) is 20.3 Å². The molecule has 0 bridgehead atoms. The van der Waals surface area contributed by atoms with Crippen LogP contribution in [0.15, 0.2) is 42.7 Å². The van der Waals surface area contributed by atoms with E-state index in [0.717, 1.165) is 29.1 Å². The second-order valence-electron chi connectivity index (χ2n) is 4.59. The predicted molar refractivity (Wildman–Crippen MR) is 77.6 cm³/mol. The van der Waals surface area contributed by atoms with Crippen molar-refractivity contribution < 1.29 is 8.78 Å². The van der Waals surface area contributed by atoms with E-state index in [1.807, 2.05) is 0 Å². The summed E-state index contributed by atoms with van der Waals surface area (Å²) in [6, 6.07) is 8.59. The Bertz CT molecular complexity index is 805. The van der Waals surface area contributed by atoms with E-state index >= 15 is 0 Å². The summed E-state index contributed by atoms with van der Waals surface area (Å²) < 4.78 is 26.7. The number of fused-ring (bicyclic) bond motifs is 1. The number of nitrogens with one attached hydrogen (secondary N) is 1. The number of anilines is 2. The van der Waals surface area contributed by atoms with E-state index in [1.165, 1.54) is 6.33 Å². The van der Waals surface area contributed by atoms with Crippen LogP contribution in [0.2, 0.25) is 0 Å². The first-order valence-electron chi connectivity index (χ1n) is 6.31. The van der Waals surface area contributed by atoms with E-state index < -0.39 is 11.6 Å². The van der Waals surface area contributed by atoms with Crippen LogP contribution in [0.25, 0.3) is 10.9 Å². The standard InChI is InChI=1S/C15H12F2N4/c16-10-1-3-13(17)9(5-10)7-19-15-12-6-11(18)2-4-14(12)20-8-21-15/h1-6,8H,7,18H2,(H,19,20,21). The molecule has 0 unspecified atom stereocenters. The second-order valence-corrected chi connectivity index (χ2v) is 4.59. The molecule has 0 aliphatic rings. The zero-order valence-corrected chi connectivity index (χ0v) is 11.0. The van der Waals surface area contributed by atoms with Gasteiger partial charge in [0.25, 0.3) is 0 Å². The van der Waals surface area contributed by atoms with Crippen molar-refractivity contribution in [3.63, 3.8) is 0 Å². The Hall–Kier alpha value is -2.76. The predicted octanol–water partition coefficient (Wildman–Crippen LogP) is 3.10. The quantitative estimate of drug-likeness (QED) is 0.726. The molecule has 0 saturated carbocycles. The number of nitrogens with two attached hydrogens (primary N) is 1. The number of hydrogen-bond donors (Lipinski definition) is 2. The summed E-state index contributed by atoms with van der Waals surface area (Å²) >= 11 is 0. The molecular formula is C15H12F2N4. The van der Waals surface area contributed by atoms with E-state index in [0.29, 0.717) is 11.5 Å². The molecule has 0 saturated heterocycles. The second kappa shape index (κ2) is 5.32. The molecule has 2 aromatic carbocycles. The number of nitrogen functional groups attached to an aromatic ring is 1. The summed E-state index contributed by atoms with van der Waals surface area (Å²) in [5.41, 5.74) is 7.28. The van der Waals surface area contributed by atoms with Crippen molar-refractivity contribution in [2.75, 3.05) is 11.1 Å². The van der Waals surface area contributed by atoms with Crippen molar-refractivity contribution in [1.29, 1.82) is 0 Å². The first-order chi connectivity index (χ1) is 10.1. The average molecular weight is 286 g/mol. The molecule has 106 valence electrons. The fourth-order valence-electron chi connectivity index (χ4n) is 2.07. The molecule has 1 aromatic heterocycles. The zero-order valence-electron chi connectivity index (χ0n) is 11.0. The van der Waals surface area contributed by atoms with Gasteiger partial charge in [0, 0.05) is 23.2 Å². The Kier molecular flexibility index (Phi) is 3.35. The normalized spacial score (nSPS) is 10.8. The van der Waals surface area contributed by atoms with Gasteiger partial charge < -0.3 is 11.1 Å². The minimum atomic E-state index is -0.481. The number of benzene rings is 2. The lowest BCUT2D eigenvalue weighted by molar-refractivity contribution is 0.587. The molecule has 0 spiro atoms. The Morgan fingerprint density at radius 3 is 2.76 bits per heavy atom. The minimum Gasteiger partial charge on any atom is -0.399 e. The van der Waals surface area contributed by atoms with Crippen LogP contribution < -0.4 is 11.1 Å². The molecule has 0 aliphatic carbocycles. The third kappa shape index (κ3) is 2.74. The third-order valence-corrected chi connectivity index (χ3v) is 3.11. The van der Waals surface area contributed by atoms with Gasteiger partial charge in [-0.05, 0) is 36.4 Å². The molecule has 1 heterocycles. The van der Waals surface area contributed by atoms with Gasteiger partial charge >= 0.3 is 0 Å². The Morgan fingerprint density at radius 1 is 1.05 bits per heavy atom. The van der Waals surface area contributed by atoms with Crippen LogP contribution in [0.5, 0.6) is 0 Å². The van der Waals surface area contributed by atoms with Gasteiger partial charge in [-0.2, -0.15) is 0 Å². The molecule has 3 N–H and O–H groups in total. The smallest absolute Gasteiger partial charge is 0.137 e. The molecule has 6 heteroatoms. The first kappa shape index (κ1) is 13.2. The molecule has 0 radical (unpaired) electrons. The fourth-order valence-corrected chi connectivity index (χ4v) is 2.07. The zero-order chi connectivity index (χ0) is 14.8. The average Bonchev–Trinajstić information content (AvgIpc) is 2.48. The monoisotopic (exact) mass is 286 g/mol. The molecule has 3 aromatic rings. The number of rotatable bonds is 3.